The Morgan fingerprint density at radius 2 is 1.65 bits per heavy atom. The van der Waals surface area contributed by atoms with Gasteiger partial charge >= 0.3 is 0 Å². The quantitative estimate of drug-likeness (QED) is 0.698. The number of hydrogen-bond donors (Lipinski definition) is 0. The van der Waals surface area contributed by atoms with E-state index in [0.29, 0.717) is 13.2 Å². The third-order valence-electron chi connectivity index (χ3n) is 4.17. The molecule has 1 aromatic carbocycles. The van der Waals surface area contributed by atoms with Gasteiger partial charge in [-0.05, 0) is 50.3 Å². The van der Waals surface area contributed by atoms with Crippen molar-refractivity contribution in [2.75, 3.05) is 13.2 Å². The second-order valence-electron chi connectivity index (χ2n) is 5.69. The summed E-state index contributed by atoms with van der Waals surface area (Å²) >= 11 is 0. The third-order valence-corrected chi connectivity index (χ3v) is 4.17. The van der Waals surface area contributed by atoms with Crippen LogP contribution in [0, 0.1) is 5.92 Å². The Labute approximate surface area is 123 Å². The van der Waals surface area contributed by atoms with E-state index in [4.69, 9.17) is 9.47 Å². The summed E-state index contributed by atoms with van der Waals surface area (Å²) < 4.78 is 11.3. The molecule has 2 nitrogen and oxygen atoms in total. The van der Waals surface area contributed by atoms with Crippen LogP contribution in [0.3, 0.4) is 0 Å². The molecule has 112 valence electrons. The van der Waals surface area contributed by atoms with Crippen molar-refractivity contribution in [2.24, 2.45) is 5.92 Å². The summed E-state index contributed by atoms with van der Waals surface area (Å²) in [5, 5.41) is 0. The minimum atomic E-state index is 0.682. The average molecular weight is 276 g/mol. The molecule has 1 fully saturated rings. The zero-order chi connectivity index (χ0) is 14.2. The van der Waals surface area contributed by atoms with E-state index < -0.39 is 0 Å². The van der Waals surface area contributed by atoms with E-state index in [9.17, 15) is 0 Å². The van der Waals surface area contributed by atoms with Crippen LogP contribution < -0.4 is 9.47 Å². The topological polar surface area (TPSA) is 18.5 Å². The Morgan fingerprint density at radius 3 is 2.35 bits per heavy atom. The lowest BCUT2D eigenvalue weighted by atomic mass is 9.85. The fourth-order valence-corrected chi connectivity index (χ4v) is 3.10. The Morgan fingerprint density at radius 1 is 0.950 bits per heavy atom. The molecular weight excluding hydrogens is 248 g/mol. The highest BCUT2D eigenvalue weighted by Gasteiger charge is 2.14. The molecule has 0 amide bonds. The minimum absolute atomic E-state index is 0.682. The maximum absolute atomic E-state index is 5.70. The fraction of sp³-hybridized carbons (Fsp3) is 0.667. The molecule has 20 heavy (non-hydrogen) atoms. The Balaban J connectivity index is 1.94. The van der Waals surface area contributed by atoms with Crippen LogP contribution in [0.1, 0.15) is 57.9 Å². The predicted octanol–water partition coefficient (Wildman–Crippen LogP) is 5.00. The number of aryl methyl sites for hydroxylation is 1. The Kier molecular flexibility index (Phi) is 6.23. The summed E-state index contributed by atoms with van der Waals surface area (Å²) in [6.45, 7) is 5.39. The van der Waals surface area contributed by atoms with Gasteiger partial charge in [-0.3, -0.25) is 0 Å². The summed E-state index contributed by atoms with van der Waals surface area (Å²) in [4.78, 5) is 0. The second kappa shape index (κ2) is 8.18. The molecule has 1 aromatic rings. The fourth-order valence-electron chi connectivity index (χ4n) is 3.10. The van der Waals surface area contributed by atoms with E-state index >= 15 is 0 Å². The monoisotopic (exact) mass is 276 g/mol. The average Bonchev–Trinajstić information content (AvgIpc) is 2.49. The number of ether oxygens (including phenoxy) is 2. The van der Waals surface area contributed by atoms with Crippen LogP contribution in [0.2, 0.25) is 0 Å². The van der Waals surface area contributed by atoms with Crippen LogP contribution in [0.4, 0.5) is 0 Å². The van der Waals surface area contributed by atoms with Gasteiger partial charge in [0.1, 0.15) is 0 Å². The smallest absolute Gasteiger partial charge is 0.161 e. The molecule has 2 rings (SSSR count). The van der Waals surface area contributed by atoms with Crippen molar-refractivity contribution >= 4 is 0 Å². The summed E-state index contributed by atoms with van der Waals surface area (Å²) in [5.74, 6) is 2.71. The van der Waals surface area contributed by atoms with Gasteiger partial charge in [0.15, 0.2) is 11.5 Å². The first-order chi connectivity index (χ1) is 9.83. The van der Waals surface area contributed by atoms with E-state index in [-0.39, 0.29) is 0 Å². The molecule has 2 heteroatoms. The largest absolute Gasteiger partial charge is 0.490 e. The first-order valence-corrected chi connectivity index (χ1v) is 8.22. The van der Waals surface area contributed by atoms with Gasteiger partial charge in [0, 0.05) is 0 Å². The van der Waals surface area contributed by atoms with Crippen LogP contribution in [0.25, 0.3) is 0 Å². The van der Waals surface area contributed by atoms with Crippen LogP contribution in [-0.2, 0) is 6.42 Å². The third kappa shape index (κ3) is 4.43. The molecule has 1 saturated carbocycles. The minimum Gasteiger partial charge on any atom is -0.490 e. The summed E-state index contributed by atoms with van der Waals surface area (Å²) in [6, 6.07) is 6.42. The maximum atomic E-state index is 5.70. The van der Waals surface area contributed by atoms with Crippen molar-refractivity contribution in [1.82, 2.24) is 0 Å². The van der Waals surface area contributed by atoms with E-state index in [1.807, 2.05) is 13.8 Å². The Hall–Kier alpha value is -1.18. The molecule has 0 aromatic heterocycles. The molecule has 0 N–H and O–H groups in total. The lowest BCUT2D eigenvalue weighted by Gasteiger charge is -2.21. The van der Waals surface area contributed by atoms with E-state index in [1.54, 1.807) is 0 Å². The van der Waals surface area contributed by atoms with E-state index in [1.165, 1.54) is 44.1 Å². The van der Waals surface area contributed by atoms with Gasteiger partial charge in [0.05, 0.1) is 13.2 Å². The normalized spacial score (nSPS) is 16.1. The molecule has 0 spiro atoms. The van der Waals surface area contributed by atoms with Gasteiger partial charge in [0.2, 0.25) is 0 Å². The van der Waals surface area contributed by atoms with Gasteiger partial charge in [0.25, 0.3) is 0 Å². The first kappa shape index (κ1) is 15.2. The second-order valence-corrected chi connectivity index (χ2v) is 5.69. The van der Waals surface area contributed by atoms with Crippen LogP contribution in [0.15, 0.2) is 18.2 Å². The molecule has 1 aliphatic carbocycles. The highest BCUT2D eigenvalue weighted by Crippen LogP contribution is 2.31. The van der Waals surface area contributed by atoms with Crippen molar-refractivity contribution in [1.29, 1.82) is 0 Å². The zero-order valence-electron chi connectivity index (χ0n) is 13.0. The summed E-state index contributed by atoms with van der Waals surface area (Å²) in [5.41, 5.74) is 1.38. The molecule has 0 saturated heterocycles. The van der Waals surface area contributed by atoms with Crippen molar-refractivity contribution < 1.29 is 9.47 Å². The molecule has 1 aliphatic rings. The summed E-state index contributed by atoms with van der Waals surface area (Å²) in [7, 11) is 0. The van der Waals surface area contributed by atoms with Gasteiger partial charge in [-0.25, -0.2) is 0 Å². The number of hydrogen-bond acceptors (Lipinski definition) is 2. The number of rotatable bonds is 7. The highest BCUT2D eigenvalue weighted by molar-refractivity contribution is 5.43. The molecule has 0 aliphatic heterocycles. The lowest BCUT2D eigenvalue weighted by Crippen LogP contribution is -2.07. The summed E-state index contributed by atoms with van der Waals surface area (Å²) in [6.07, 6.45) is 9.63. The van der Waals surface area contributed by atoms with Crippen molar-refractivity contribution in [3.63, 3.8) is 0 Å². The molecule has 0 heterocycles. The van der Waals surface area contributed by atoms with Crippen LogP contribution in [0.5, 0.6) is 11.5 Å². The van der Waals surface area contributed by atoms with E-state index in [0.717, 1.165) is 23.8 Å². The molecule has 0 bridgehead atoms. The zero-order valence-corrected chi connectivity index (χ0v) is 13.0. The Bertz CT molecular complexity index is 394. The van der Waals surface area contributed by atoms with Gasteiger partial charge in [-0.15, -0.1) is 0 Å². The SMILES string of the molecule is CCOc1ccc(CCC2CCCCC2)cc1OCC. The van der Waals surface area contributed by atoms with Crippen LogP contribution >= 0.6 is 0 Å². The molecule has 0 atom stereocenters. The highest BCUT2D eigenvalue weighted by atomic mass is 16.5. The van der Waals surface area contributed by atoms with Crippen molar-refractivity contribution in [2.45, 2.75) is 58.8 Å². The van der Waals surface area contributed by atoms with E-state index in [2.05, 4.69) is 18.2 Å². The van der Waals surface area contributed by atoms with Crippen molar-refractivity contribution in [3.05, 3.63) is 23.8 Å². The van der Waals surface area contributed by atoms with Gasteiger partial charge in [-0.1, -0.05) is 38.2 Å². The molecule has 0 unspecified atom stereocenters. The number of benzene rings is 1. The molecular formula is C18H28O2. The van der Waals surface area contributed by atoms with Gasteiger partial charge < -0.3 is 9.47 Å². The lowest BCUT2D eigenvalue weighted by molar-refractivity contribution is 0.287. The van der Waals surface area contributed by atoms with Gasteiger partial charge in [-0.2, -0.15) is 0 Å². The maximum Gasteiger partial charge on any atom is 0.161 e. The first-order valence-electron chi connectivity index (χ1n) is 8.22. The van der Waals surface area contributed by atoms with Crippen molar-refractivity contribution in [3.8, 4) is 11.5 Å². The standard InChI is InChI=1S/C18H28O2/c1-3-19-17-13-12-16(14-18(17)20-4-2)11-10-15-8-6-5-7-9-15/h12-15H,3-11H2,1-2H3. The van der Waals surface area contributed by atoms with Crippen LogP contribution in [-0.4, -0.2) is 13.2 Å². The predicted molar refractivity (Wildman–Crippen MR) is 83.7 cm³/mol. The molecule has 0 radical (unpaired) electrons.